The molecule has 2 amide bonds. The normalized spacial score (nSPS) is 14.7. The van der Waals surface area contributed by atoms with Crippen molar-refractivity contribution >= 4 is 23.6 Å². The van der Waals surface area contributed by atoms with E-state index in [1.54, 1.807) is 39.5 Å². The van der Waals surface area contributed by atoms with Gasteiger partial charge in [0.25, 0.3) is 11.8 Å². The number of carbonyl (C=O) groups excluding carboxylic acids is 2. The zero-order chi connectivity index (χ0) is 21.4. The van der Waals surface area contributed by atoms with Crippen LogP contribution < -0.4 is 15.2 Å². The Labute approximate surface area is 172 Å². The largest absolute Gasteiger partial charge is 0.394 e. The molecule has 1 aliphatic rings. The minimum Gasteiger partial charge on any atom is -0.345 e. The second-order valence-corrected chi connectivity index (χ2v) is 7.22. The Morgan fingerprint density at radius 2 is 2.13 bits per heavy atom. The predicted molar refractivity (Wildman–Crippen MR) is 106 cm³/mol. The number of fused-ring (bicyclic) bond motifs is 1. The quantitative estimate of drug-likeness (QED) is 0.634. The molecule has 4 rings (SSSR count). The fraction of sp³-hybridized carbons (Fsp3) is 0.250. The molecule has 2 aromatic heterocycles. The van der Waals surface area contributed by atoms with E-state index in [2.05, 4.69) is 20.7 Å². The summed E-state index contributed by atoms with van der Waals surface area (Å²) in [6.45, 7) is 0.587. The lowest BCUT2D eigenvalue weighted by Gasteiger charge is -2.10. The zero-order valence-corrected chi connectivity index (χ0v) is 16.8. The number of hydrogen-bond donors (Lipinski definition) is 2. The summed E-state index contributed by atoms with van der Waals surface area (Å²) in [5.74, 6) is -0.224. The molecule has 1 unspecified atom stereocenters. The van der Waals surface area contributed by atoms with Crippen LogP contribution >= 0.6 is 0 Å². The van der Waals surface area contributed by atoms with Crippen molar-refractivity contribution in [3.63, 3.8) is 0 Å². The number of rotatable bonds is 4. The van der Waals surface area contributed by atoms with Crippen molar-refractivity contribution in [3.05, 3.63) is 65.4 Å². The maximum Gasteiger partial charge on any atom is 0.394 e. The molecule has 30 heavy (non-hydrogen) atoms. The third kappa shape index (κ3) is 3.59. The fourth-order valence-corrected chi connectivity index (χ4v) is 3.37. The van der Waals surface area contributed by atoms with Crippen molar-refractivity contribution in [1.82, 2.24) is 19.7 Å². The summed E-state index contributed by atoms with van der Waals surface area (Å²) in [7, 11) is 4.81. The van der Waals surface area contributed by atoms with Crippen LogP contribution in [0.15, 0.2) is 42.7 Å². The summed E-state index contributed by atoms with van der Waals surface area (Å²) in [5, 5.41) is 9.99. The predicted octanol–water partition coefficient (Wildman–Crippen LogP) is 1.36. The number of halogens is 1. The van der Waals surface area contributed by atoms with Crippen LogP contribution in [0.25, 0.3) is 0 Å². The van der Waals surface area contributed by atoms with E-state index in [1.165, 1.54) is 27.9 Å². The molecule has 1 atom stereocenters. The molecule has 0 radical (unpaired) electrons. The van der Waals surface area contributed by atoms with Crippen molar-refractivity contribution in [1.29, 1.82) is 0 Å². The minimum absolute atomic E-state index is 0.124. The number of anilines is 2. The number of hydrogen-bond acceptors (Lipinski definition) is 5. The van der Waals surface area contributed by atoms with Gasteiger partial charge in [-0.1, -0.05) is 17.1 Å². The van der Waals surface area contributed by atoms with Crippen LogP contribution in [0.1, 0.15) is 32.5 Å². The Hall–Kier alpha value is -3.82. The lowest BCUT2D eigenvalue weighted by Crippen LogP contribution is -2.32. The van der Waals surface area contributed by atoms with E-state index in [1.807, 2.05) is 10.6 Å². The van der Waals surface area contributed by atoms with Gasteiger partial charge in [0.05, 0.1) is 18.0 Å². The van der Waals surface area contributed by atoms with Crippen LogP contribution in [0, 0.1) is 5.82 Å². The molecule has 1 aliphatic heterocycles. The average molecular weight is 410 g/mol. The van der Waals surface area contributed by atoms with Crippen LogP contribution in [0.4, 0.5) is 16.2 Å². The standard InChI is InChI=1S/C20H20FN7O2/c1-26(2)19(30)14-10-22-27(3)17(14)18(29)24-16-7-8-28-11-15(23-20(28)25-16)12-5-4-6-13(21)9-12/h4-10,15H,11H2,1-3H3,(H,23,24,25,29)/p+1. The van der Waals surface area contributed by atoms with Gasteiger partial charge in [-0.2, -0.15) is 5.10 Å². The Balaban J connectivity index is 1.54. The SMILES string of the molecule is CN(C)C(=O)c1cnn(C)c1C(=O)Nc1cc[n+]2c(n1)NC(c1cccc(F)c1)C2. The van der Waals surface area contributed by atoms with E-state index < -0.39 is 5.91 Å². The first-order valence-corrected chi connectivity index (χ1v) is 9.31. The summed E-state index contributed by atoms with van der Waals surface area (Å²) >= 11 is 0. The Morgan fingerprint density at radius 3 is 2.87 bits per heavy atom. The van der Waals surface area contributed by atoms with Gasteiger partial charge < -0.3 is 4.90 Å². The van der Waals surface area contributed by atoms with E-state index in [0.717, 1.165) is 5.56 Å². The number of amides is 2. The van der Waals surface area contributed by atoms with Crippen LogP contribution in [0.2, 0.25) is 0 Å². The zero-order valence-electron chi connectivity index (χ0n) is 16.8. The van der Waals surface area contributed by atoms with Crippen molar-refractivity contribution < 1.29 is 18.5 Å². The minimum atomic E-state index is -0.489. The van der Waals surface area contributed by atoms with Gasteiger partial charge in [0, 0.05) is 27.2 Å². The topological polar surface area (TPSA) is 96.0 Å². The van der Waals surface area contributed by atoms with Gasteiger partial charge in [-0.3, -0.25) is 24.9 Å². The second kappa shape index (κ2) is 7.54. The van der Waals surface area contributed by atoms with Gasteiger partial charge in [-0.25, -0.2) is 8.96 Å². The molecule has 3 heterocycles. The summed E-state index contributed by atoms with van der Waals surface area (Å²) in [6.07, 6.45) is 3.16. The van der Waals surface area contributed by atoms with Gasteiger partial charge >= 0.3 is 5.95 Å². The van der Waals surface area contributed by atoms with E-state index in [4.69, 9.17) is 0 Å². The number of nitrogens with zero attached hydrogens (tertiary/aromatic N) is 5. The van der Waals surface area contributed by atoms with Crippen LogP contribution in [-0.4, -0.2) is 45.6 Å². The third-order valence-electron chi connectivity index (χ3n) is 4.88. The maximum absolute atomic E-state index is 13.5. The van der Waals surface area contributed by atoms with Crippen LogP contribution in [0.3, 0.4) is 0 Å². The highest BCUT2D eigenvalue weighted by Crippen LogP contribution is 2.24. The second-order valence-electron chi connectivity index (χ2n) is 7.22. The molecule has 0 spiro atoms. The summed E-state index contributed by atoms with van der Waals surface area (Å²) in [4.78, 5) is 31.0. The van der Waals surface area contributed by atoms with Gasteiger partial charge in [0.1, 0.15) is 24.1 Å². The van der Waals surface area contributed by atoms with Crippen molar-refractivity contribution in [2.75, 3.05) is 24.7 Å². The van der Waals surface area contributed by atoms with Crippen molar-refractivity contribution in [2.24, 2.45) is 7.05 Å². The molecular formula is C20H21FN7O2+. The van der Waals surface area contributed by atoms with Crippen molar-refractivity contribution in [3.8, 4) is 0 Å². The number of benzene rings is 1. The number of nitrogens with one attached hydrogen (secondary N) is 2. The molecule has 10 heteroatoms. The number of carbonyl (C=O) groups is 2. The molecule has 0 saturated heterocycles. The third-order valence-corrected chi connectivity index (χ3v) is 4.88. The Kier molecular flexibility index (Phi) is 4.90. The Bertz CT molecular complexity index is 1140. The maximum atomic E-state index is 13.5. The summed E-state index contributed by atoms with van der Waals surface area (Å²) < 4.78 is 16.8. The van der Waals surface area contributed by atoms with Crippen molar-refractivity contribution in [2.45, 2.75) is 12.6 Å². The monoisotopic (exact) mass is 410 g/mol. The fourth-order valence-electron chi connectivity index (χ4n) is 3.37. The van der Waals surface area contributed by atoms with E-state index >= 15 is 0 Å². The molecular weight excluding hydrogens is 389 g/mol. The summed E-state index contributed by atoms with van der Waals surface area (Å²) in [5.41, 5.74) is 1.17. The van der Waals surface area contributed by atoms with Gasteiger partial charge in [-0.15, -0.1) is 0 Å². The molecule has 0 fully saturated rings. The molecule has 0 bridgehead atoms. The van der Waals surface area contributed by atoms with Gasteiger partial charge in [0.2, 0.25) is 5.82 Å². The van der Waals surface area contributed by atoms with E-state index in [-0.39, 0.29) is 29.0 Å². The Morgan fingerprint density at radius 1 is 1.33 bits per heavy atom. The molecule has 9 nitrogen and oxygen atoms in total. The van der Waals surface area contributed by atoms with Crippen LogP contribution in [0.5, 0.6) is 0 Å². The molecule has 2 N–H and O–H groups in total. The first kappa shape index (κ1) is 19.5. The van der Waals surface area contributed by atoms with E-state index in [0.29, 0.717) is 18.3 Å². The van der Waals surface area contributed by atoms with E-state index in [9.17, 15) is 14.0 Å². The highest BCUT2D eigenvalue weighted by atomic mass is 19.1. The molecule has 0 saturated carbocycles. The van der Waals surface area contributed by atoms with Gasteiger partial charge in [-0.05, 0) is 17.7 Å². The van der Waals surface area contributed by atoms with Crippen LogP contribution in [-0.2, 0) is 13.6 Å². The first-order valence-electron chi connectivity index (χ1n) is 9.31. The first-order chi connectivity index (χ1) is 14.3. The highest BCUT2D eigenvalue weighted by molar-refractivity contribution is 6.10. The summed E-state index contributed by atoms with van der Waals surface area (Å²) in [6, 6.07) is 7.94. The highest BCUT2D eigenvalue weighted by Gasteiger charge is 2.31. The number of aryl methyl sites for hydroxylation is 1. The molecule has 0 aliphatic carbocycles. The number of aromatic nitrogens is 4. The molecule has 3 aromatic rings. The van der Waals surface area contributed by atoms with Gasteiger partial charge in [0.15, 0.2) is 0 Å². The lowest BCUT2D eigenvalue weighted by molar-refractivity contribution is -0.676. The molecule has 1 aromatic carbocycles. The lowest BCUT2D eigenvalue weighted by atomic mass is 10.1. The average Bonchev–Trinajstić information content (AvgIpc) is 3.30. The smallest absolute Gasteiger partial charge is 0.345 e. The molecule has 154 valence electrons.